The van der Waals surface area contributed by atoms with E-state index in [9.17, 15) is 9.90 Å². The summed E-state index contributed by atoms with van der Waals surface area (Å²) >= 11 is 1.61. The maximum Gasteiger partial charge on any atom is 0.251 e. The minimum Gasteiger partial charge on any atom is -0.393 e. The van der Waals surface area contributed by atoms with E-state index in [2.05, 4.69) is 10.3 Å². The molecule has 5 heteroatoms. The summed E-state index contributed by atoms with van der Waals surface area (Å²) in [5, 5.41) is 15.7. The lowest BCUT2D eigenvalue weighted by atomic mass is 9.87. The second-order valence-corrected chi connectivity index (χ2v) is 7.13. The SMILES string of the molecule is Cc1csc(-c2ccc(C(=O)NCC3CCCC(O)C3)cc2)n1. The van der Waals surface area contributed by atoms with Crippen LogP contribution in [0.25, 0.3) is 10.6 Å². The quantitative estimate of drug-likeness (QED) is 0.903. The molecule has 1 saturated carbocycles. The van der Waals surface area contributed by atoms with Gasteiger partial charge in [0.25, 0.3) is 5.91 Å². The summed E-state index contributed by atoms with van der Waals surface area (Å²) in [5.74, 6) is 0.340. The Balaban J connectivity index is 1.57. The number of hydrogen-bond donors (Lipinski definition) is 2. The van der Waals surface area contributed by atoms with Gasteiger partial charge in [-0.25, -0.2) is 4.98 Å². The van der Waals surface area contributed by atoms with Gasteiger partial charge in [0, 0.05) is 28.7 Å². The Labute approximate surface area is 140 Å². The number of aromatic nitrogens is 1. The van der Waals surface area contributed by atoms with Gasteiger partial charge in [-0.2, -0.15) is 0 Å². The van der Waals surface area contributed by atoms with Crippen molar-refractivity contribution < 1.29 is 9.90 Å². The molecule has 2 N–H and O–H groups in total. The summed E-state index contributed by atoms with van der Waals surface area (Å²) in [6.07, 6.45) is 3.61. The Bertz CT molecular complexity index is 666. The summed E-state index contributed by atoms with van der Waals surface area (Å²) in [6, 6.07) is 7.57. The first-order chi connectivity index (χ1) is 11.1. The van der Waals surface area contributed by atoms with Gasteiger partial charge in [0.2, 0.25) is 0 Å². The topological polar surface area (TPSA) is 62.2 Å². The van der Waals surface area contributed by atoms with Gasteiger partial charge in [0.15, 0.2) is 0 Å². The summed E-state index contributed by atoms with van der Waals surface area (Å²) < 4.78 is 0. The van der Waals surface area contributed by atoms with Gasteiger partial charge < -0.3 is 10.4 Å². The molecular formula is C18H22N2O2S. The molecule has 1 fully saturated rings. The molecule has 4 nitrogen and oxygen atoms in total. The molecule has 0 aliphatic heterocycles. The van der Waals surface area contributed by atoms with E-state index in [-0.39, 0.29) is 12.0 Å². The molecule has 1 aliphatic carbocycles. The van der Waals surface area contributed by atoms with Gasteiger partial charge in [-0.15, -0.1) is 11.3 Å². The third-order valence-corrected chi connectivity index (χ3v) is 5.33. The lowest BCUT2D eigenvalue weighted by Crippen LogP contribution is -2.32. The molecule has 3 rings (SSSR count). The second-order valence-electron chi connectivity index (χ2n) is 6.27. The average Bonchev–Trinajstić information content (AvgIpc) is 2.99. The number of aryl methyl sites for hydroxylation is 1. The second kappa shape index (κ2) is 7.23. The largest absolute Gasteiger partial charge is 0.393 e. The molecule has 0 saturated heterocycles. The number of thiazole rings is 1. The van der Waals surface area contributed by atoms with Crippen molar-refractivity contribution in [1.29, 1.82) is 0 Å². The monoisotopic (exact) mass is 330 g/mol. The molecule has 1 aliphatic rings. The fraction of sp³-hybridized carbons (Fsp3) is 0.444. The third-order valence-electron chi connectivity index (χ3n) is 4.32. The van der Waals surface area contributed by atoms with Crippen molar-refractivity contribution in [2.24, 2.45) is 5.92 Å². The third kappa shape index (κ3) is 4.18. The van der Waals surface area contributed by atoms with E-state index in [0.717, 1.165) is 41.9 Å². The van der Waals surface area contributed by atoms with E-state index in [1.54, 1.807) is 11.3 Å². The highest BCUT2D eigenvalue weighted by molar-refractivity contribution is 7.13. The molecule has 23 heavy (non-hydrogen) atoms. The van der Waals surface area contributed by atoms with E-state index in [4.69, 9.17) is 0 Å². The smallest absolute Gasteiger partial charge is 0.251 e. The number of carbonyl (C=O) groups is 1. The van der Waals surface area contributed by atoms with Crippen LogP contribution in [0.15, 0.2) is 29.6 Å². The predicted octanol–water partition coefficient (Wildman–Crippen LogP) is 3.40. The van der Waals surface area contributed by atoms with Crippen molar-refractivity contribution in [2.45, 2.75) is 38.7 Å². The molecule has 1 heterocycles. The van der Waals surface area contributed by atoms with Crippen LogP contribution in [0.3, 0.4) is 0 Å². The number of aliphatic hydroxyl groups excluding tert-OH is 1. The van der Waals surface area contributed by atoms with Crippen LogP contribution in [0, 0.1) is 12.8 Å². The molecule has 1 amide bonds. The van der Waals surface area contributed by atoms with Gasteiger partial charge in [-0.3, -0.25) is 4.79 Å². The first-order valence-corrected chi connectivity index (χ1v) is 8.98. The Kier molecular flexibility index (Phi) is 5.08. The van der Waals surface area contributed by atoms with E-state index >= 15 is 0 Å². The predicted molar refractivity (Wildman–Crippen MR) is 92.6 cm³/mol. The van der Waals surface area contributed by atoms with Crippen LogP contribution in [0.4, 0.5) is 0 Å². The van der Waals surface area contributed by atoms with Crippen LogP contribution in [0.1, 0.15) is 41.7 Å². The maximum absolute atomic E-state index is 12.2. The van der Waals surface area contributed by atoms with Crippen LogP contribution >= 0.6 is 11.3 Å². The van der Waals surface area contributed by atoms with Crippen molar-refractivity contribution >= 4 is 17.2 Å². The number of rotatable bonds is 4. The zero-order chi connectivity index (χ0) is 16.2. The molecule has 2 unspecified atom stereocenters. The Hall–Kier alpha value is -1.72. The molecular weight excluding hydrogens is 308 g/mol. The number of benzene rings is 1. The van der Waals surface area contributed by atoms with E-state index in [0.29, 0.717) is 18.0 Å². The van der Waals surface area contributed by atoms with Gasteiger partial charge in [0.1, 0.15) is 5.01 Å². The van der Waals surface area contributed by atoms with Gasteiger partial charge in [-0.05, 0) is 44.2 Å². The highest BCUT2D eigenvalue weighted by atomic mass is 32.1. The molecule has 0 spiro atoms. The Morgan fingerprint density at radius 2 is 2.13 bits per heavy atom. The molecule has 2 atom stereocenters. The zero-order valence-corrected chi connectivity index (χ0v) is 14.1. The summed E-state index contributed by atoms with van der Waals surface area (Å²) in [6.45, 7) is 2.62. The summed E-state index contributed by atoms with van der Waals surface area (Å²) in [5.41, 5.74) is 2.72. The molecule has 0 radical (unpaired) electrons. The van der Waals surface area contributed by atoms with Gasteiger partial charge in [-0.1, -0.05) is 18.6 Å². The number of nitrogens with zero attached hydrogens (tertiary/aromatic N) is 1. The molecule has 122 valence electrons. The fourth-order valence-electron chi connectivity index (χ4n) is 3.04. The minimum absolute atomic E-state index is 0.0491. The summed E-state index contributed by atoms with van der Waals surface area (Å²) in [7, 11) is 0. The normalized spacial score (nSPS) is 21.1. The first kappa shape index (κ1) is 16.1. The number of hydrogen-bond acceptors (Lipinski definition) is 4. The van der Waals surface area contributed by atoms with Crippen LogP contribution in [-0.4, -0.2) is 28.6 Å². The van der Waals surface area contributed by atoms with Crippen molar-refractivity contribution in [3.05, 3.63) is 40.9 Å². The highest BCUT2D eigenvalue weighted by Crippen LogP contribution is 2.25. The number of amides is 1. The van der Waals surface area contributed by atoms with Crippen molar-refractivity contribution in [3.8, 4) is 10.6 Å². The Morgan fingerprint density at radius 1 is 1.35 bits per heavy atom. The zero-order valence-electron chi connectivity index (χ0n) is 13.3. The minimum atomic E-state index is -0.202. The van der Waals surface area contributed by atoms with Crippen LogP contribution < -0.4 is 5.32 Å². The Morgan fingerprint density at radius 3 is 2.78 bits per heavy atom. The lowest BCUT2D eigenvalue weighted by Gasteiger charge is -2.25. The maximum atomic E-state index is 12.2. The van der Waals surface area contributed by atoms with E-state index in [1.807, 2.05) is 36.6 Å². The van der Waals surface area contributed by atoms with Crippen molar-refractivity contribution in [3.63, 3.8) is 0 Å². The lowest BCUT2D eigenvalue weighted by molar-refractivity contribution is 0.0874. The van der Waals surface area contributed by atoms with Gasteiger partial charge in [0.05, 0.1) is 6.10 Å². The van der Waals surface area contributed by atoms with Gasteiger partial charge >= 0.3 is 0 Å². The standard InChI is InChI=1S/C18H22N2O2S/c1-12-11-23-18(20-12)15-7-5-14(6-8-15)17(22)19-10-13-3-2-4-16(21)9-13/h5-8,11,13,16,21H,2-4,9-10H2,1H3,(H,19,22). The van der Waals surface area contributed by atoms with Crippen molar-refractivity contribution in [2.75, 3.05) is 6.54 Å². The fourth-order valence-corrected chi connectivity index (χ4v) is 3.84. The summed E-state index contributed by atoms with van der Waals surface area (Å²) in [4.78, 5) is 16.7. The van der Waals surface area contributed by atoms with Crippen LogP contribution in [0.5, 0.6) is 0 Å². The van der Waals surface area contributed by atoms with Crippen molar-refractivity contribution in [1.82, 2.24) is 10.3 Å². The van der Waals surface area contributed by atoms with Crippen LogP contribution in [-0.2, 0) is 0 Å². The number of nitrogens with one attached hydrogen (secondary N) is 1. The van der Waals surface area contributed by atoms with Crippen LogP contribution in [0.2, 0.25) is 0 Å². The van der Waals surface area contributed by atoms with E-state index < -0.39 is 0 Å². The molecule has 2 aromatic rings. The highest BCUT2D eigenvalue weighted by Gasteiger charge is 2.20. The first-order valence-electron chi connectivity index (χ1n) is 8.10. The molecule has 1 aromatic heterocycles. The molecule has 0 bridgehead atoms. The number of carbonyl (C=O) groups excluding carboxylic acids is 1. The molecule has 1 aromatic carbocycles. The number of aliphatic hydroxyl groups is 1. The van der Waals surface area contributed by atoms with E-state index in [1.165, 1.54) is 0 Å². The average molecular weight is 330 g/mol.